The number of sulfonamides is 1. The Balaban J connectivity index is 4.51. The van der Waals surface area contributed by atoms with Gasteiger partial charge in [0.2, 0.25) is 10.0 Å². The topological polar surface area (TPSA) is 87.2 Å². The van der Waals surface area contributed by atoms with Crippen LogP contribution in [0.15, 0.2) is 0 Å². The summed E-state index contributed by atoms with van der Waals surface area (Å²) in [5, 5.41) is 7.03. The van der Waals surface area contributed by atoms with Gasteiger partial charge in [-0.1, -0.05) is 6.92 Å². The molecule has 0 unspecified atom stereocenters. The van der Waals surface area contributed by atoms with Crippen LogP contribution in [0, 0.1) is 5.41 Å². The Kier molecular flexibility index (Phi) is 4.94. The van der Waals surface area contributed by atoms with Crippen molar-refractivity contribution in [1.29, 1.82) is 5.41 Å². The average molecular weight is 207 g/mol. The fraction of sp³-hybridized carbons (Fsp3) is 0.857. The van der Waals surface area contributed by atoms with Gasteiger partial charge < -0.3 is 5.73 Å². The minimum absolute atomic E-state index is 0.00398. The van der Waals surface area contributed by atoms with E-state index in [9.17, 15) is 8.42 Å². The second-order valence-electron chi connectivity index (χ2n) is 2.76. The quantitative estimate of drug-likeness (QED) is 0.474. The maximum atomic E-state index is 11.4. The molecular weight excluding hydrogens is 190 g/mol. The first-order valence-electron chi connectivity index (χ1n) is 4.24. The van der Waals surface area contributed by atoms with Crippen molar-refractivity contribution in [2.45, 2.75) is 20.3 Å². The van der Waals surface area contributed by atoms with Crippen LogP contribution in [0.4, 0.5) is 0 Å². The van der Waals surface area contributed by atoms with Gasteiger partial charge in [-0.3, -0.25) is 5.41 Å². The number of nitrogens with zero attached hydrogens (tertiary/aromatic N) is 1. The van der Waals surface area contributed by atoms with E-state index >= 15 is 0 Å². The van der Waals surface area contributed by atoms with E-state index in [2.05, 4.69) is 0 Å². The number of nitrogens with two attached hydrogens (primary N) is 1. The molecule has 0 rings (SSSR count). The Bertz CT molecular complexity index is 261. The summed E-state index contributed by atoms with van der Waals surface area (Å²) in [6.07, 6.45) is 0.729. The largest absolute Gasteiger partial charge is 0.387 e. The number of rotatable bonds is 6. The van der Waals surface area contributed by atoms with Gasteiger partial charge in [-0.05, 0) is 13.3 Å². The molecular formula is C7H17N3O2S. The predicted octanol–water partition coefficient (Wildman–Crippen LogP) is -0.0159. The molecule has 0 spiro atoms. The van der Waals surface area contributed by atoms with Crippen molar-refractivity contribution in [2.75, 3.05) is 18.8 Å². The van der Waals surface area contributed by atoms with Crippen LogP contribution in [0.2, 0.25) is 0 Å². The smallest absolute Gasteiger partial charge is 0.214 e. The molecule has 5 nitrogen and oxygen atoms in total. The van der Waals surface area contributed by atoms with E-state index in [4.69, 9.17) is 11.1 Å². The third-order valence-corrected chi connectivity index (χ3v) is 3.41. The SMILES string of the molecule is CCCN(CC(=N)N)S(=O)(=O)CC. The molecule has 0 saturated heterocycles. The highest BCUT2D eigenvalue weighted by atomic mass is 32.2. The Morgan fingerprint density at radius 1 is 1.46 bits per heavy atom. The average Bonchev–Trinajstić information content (AvgIpc) is 2.03. The summed E-state index contributed by atoms with van der Waals surface area (Å²) < 4.78 is 24.0. The molecule has 3 N–H and O–H groups in total. The highest BCUT2D eigenvalue weighted by Gasteiger charge is 2.19. The van der Waals surface area contributed by atoms with Crippen LogP contribution in [0.25, 0.3) is 0 Å². The molecule has 0 aromatic carbocycles. The highest BCUT2D eigenvalue weighted by Crippen LogP contribution is 2.01. The lowest BCUT2D eigenvalue weighted by atomic mass is 10.4. The van der Waals surface area contributed by atoms with Gasteiger partial charge in [0.15, 0.2) is 0 Å². The van der Waals surface area contributed by atoms with E-state index in [-0.39, 0.29) is 18.1 Å². The maximum Gasteiger partial charge on any atom is 0.214 e. The fourth-order valence-electron chi connectivity index (χ4n) is 0.938. The third kappa shape index (κ3) is 4.23. The Labute approximate surface area is 79.5 Å². The molecule has 0 aliphatic carbocycles. The van der Waals surface area contributed by atoms with E-state index < -0.39 is 10.0 Å². The van der Waals surface area contributed by atoms with Crippen molar-refractivity contribution in [3.8, 4) is 0 Å². The lowest BCUT2D eigenvalue weighted by molar-refractivity contribution is 0.448. The molecule has 0 heterocycles. The molecule has 0 aliphatic rings. The molecule has 0 aliphatic heterocycles. The van der Waals surface area contributed by atoms with Crippen molar-refractivity contribution < 1.29 is 8.42 Å². The van der Waals surface area contributed by atoms with E-state index in [1.54, 1.807) is 6.92 Å². The fourth-order valence-corrected chi connectivity index (χ4v) is 2.10. The molecule has 78 valence electrons. The lowest BCUT2D eigenvalue weighted by Crippen LogP contribution is -2.39. The zero-order valence-corrected chi connectivity index (χ0v) is 8.89. The molecule has 0 radical (unpaired) electrons. The van der Waals surface area contributed by atoms with Gasteiger partial charge in [-0.2, -0.15) is 4.31 Å². The number of amidine groups is 1. The summed E-state index contributed by atoms with van der Waals surface area (Å²) in [4.78, 5) is 0. The first-order valence-corrected chi connectivity index (χ1v) is 5.85. The normalized spacial score (nSPS) is 11.9. The van der Waals surface area contributed by atoms with Gasteiger partial charge in [-0.25, -0.2) is 8.42 Å². The van der Waals surface area contributed by atoms with Gasteiger partial charge >= 0.3 is 0 Å². The summed E-state index contributed by atoms with van der Waals surface area (Å²) in [5.74, 6) is -0.0641. The van der Waals surface area contributed by atoms with Crippen LogP contribution < -0.4 is 5.73 Å². The molecule has 13 heavy (non-hydrogen) atoms. The molecule has 0 amide bonds. The highest BCUT2D eigenvalue weighted by molar-refractivity contribution is 7.89. The van der Waals surface area contributed by atoms with E-state index in [0.29, 0.717) is 6.54 Å². The van der Waals surface area contributed by atoms with Gasteiger partial charge in [0.1, 0.15) is 5.84 Å². The van der Waals surface area contributed by atoms with Crippen molar-refractivity contribution in [2.24, 2.45) is 5.73 Å². The molecule has 0 aromatic heterocycles. The Morgan fingerprint density at radius 2 is 2.00 bits per heavy atom. The Morgan fingerprint density at radius 3 is 2.31 bits per heavy atom. The molecule has 0 fully saturated rings. The van der Waals surface area contributed by atoms with Gasteiger partial charge in [-0.15, -0.1) is 0 Å². The van der Waals surface area contributed by atoms with E-state index in [0.717, 1.165) is 6.42 Å². The van der Waals surface area contributed by atoms with Gasteiger partial charge in [0.25, 0.3) is 0 Å². The minimum Gasteiger partial charge on any atom is -0.387 e. The van der Waals surface area contributed by atoms with Crippen LogP contribution in [0.1, 0.15) is 20.3 Å². The van der Waals surface area contributed by atoms with Gasteiger partial charge in [0.05, 0.1) is 12.3 Å². The molecule has 0 aromatic rings. The van der Waals surface area contributed by atoms with Crippen LogP contribution in [-0.2, 0) is 10.0 Å². The molecule has 6 heteroatoms. The number of hydrogen-bond acceptors (Lipinski definition) is 3. The van der Waals surface area contributed by atoms with Crippen LogP contribution in [0.3, 0.4) is 0 Å². The summed E-state index contributed by atoms with van der Waals surface area (Å²) in [5.41, 5.74) is 5.15. The zero-order valence-electron chi connectivity index (χ0n) is 8.08. The maximum absolute atomic E-state index is 11.4. The number of nitrogens with one attached hydrogen (secondary N) is 1. The van der Waals surface area contributed by atoms with E-state index in [1.165, 1.54) is 4.31 Å². The standard InChI is InChI=1S/C7H17N3O2S/c1-3-5-10(6-7(8)9)13(11,12)4-2/h3-6H2,1-2H3,(H3,8,9). The summed E-state index contributed by atoms with van der Waals surface area (Å²) in [6, 6.07) is 0. The number of hydrogen-bond donors (Lipinski definition) is 2. The summed E-state index contributed by atoms with van der Waals surface area (Å²) >= 11 is 0. The second-order valence-corrected chi connectivity index (χ2v) is 5.02. The van der Waals surface area contributed by atoms with Crippen LogP contribution in [0.5, 0.6) is 0 Å². The molecule has 0 atom stereocenters. The summed E-state index contributed by atoms with van der Waals surface area (Å²) in [7, 11) is -3.20. The van der Waals surface area contributed by atoms with Crippen molar-refractivity contribution in [3.05, 3.63) is 0 Å². The second kappa shape index (κ2) is 5.18. The van der Waals surface area contributed by atoms with E-state index in [1.807, 2.05) is 6.92 Å². The van der Waals surface area contributed by atoms with Crippen molar-refractivity contribution in [3.63, 3.8) is 0 Å². The third-order valence-electron chi connectivity index (χ3n) is 1.58. The monoisotopic (exact) mass is 207 g/mol. The minimum atomic E-state index is -3.20. The first-order chi connectivity index (χ1) is 5.94. The zero-order chi connectivity index (χ0) is 10.5. The van der Waals surface area contributed by atoms with Gasteiger partial charge in [0, 0.05) is 6.54 Å². The summed E-state index contributed by atoms with van der Waals surface area (Å²) in [6.45, 7) is 3.90. The molecule has 0 bridgehead atoms. The van der Waals surface area contributed by atoms with Crippen molar-refractivity contribution >= 4 is 15.9 Å². The van der Waals surface area contributed by atoms with Crippen molar-refractivity contribution in [1.82, 2.24) is 4.31 Å². The van der Waals surface area contributed by atoms with Crippen LogP contribution >= 0.6 is 0 Å². The Hall–Kier alpha value is -0.620. The lowest BCUT2D eigenvalue weighted by Gasteiger charge is -2.19. The predicted molar refractivity (Wildman–Crippen MR) is 53.2 cm³/mol. The first kappa shape index (κ1) is 12.4. The molecule has 0 saturated carbocycles. The van der Waals surface area contributed by atoms with Crippen LogP contribution in [-0.4, -0.2) is 37.4 Å².